The third-order valence-corrected chi connectivity index (χ3v) is 6.24. The Morgan fingerprint density at radius 2 is 1.42 bits per heavy atom. The largest absolute Gasteiger partial charge is 0.497 e. The van der Waals surface area contributed by atoms with Gasteiger partial charge < -0.3 is 19.9 Å². The molecule has 0 spiro atoms. The van der Waals surface area contributed by atoms with Crippen molar-refractivity contribution in [3.63, 3.8) is 0 Å². The van der Waals surface area contributed by atoms with Gasteiger partial charge in [0.1, 0.15) is 17.5 Å². The summed E-state index contributed by atoms with van der Waals surface area (Å²) in [4.78, 5) is 25.1. The zero-order valence-corrected chi connectivity index (χ0v) is 21.3. The first kappa shape index (κ1) is 26.5. The zero-order chi connectivity index (χ0) is 26.7. The summed E-state index contributed by atoms with van der Waals surface area (Å²) in [7, 11) is 1.65. The molecule has 0 saturated carbocycles. The number of nitrogens with one attached hydrogen (secondary N) is 1. The van der Waals surface area contributed by atoms with Crippen LogP contribution in [-0.2, 0) is 17.6 Å². The van der Waals surface area contributed by atoms with Crippen molar-refractivity contribution >= 4 is 17.4 Å². The van der Waals surface area contributed by atoms with Crippen LogP contribution in [0.1, 0.15) is 33.5 Å². The highest BCUT2D eigenvalue weighted by atomic mass is 16.5. The summed E-state index contributed by atoms with van der Waals surface area (Å²) in [6.07, 6.45) is 2.03. The Morgan fingerprint density at radius 1 is 0.789 bits per heavy atom. The molecule has 0 heterocycles. The van der Waals surface area contributed by atoms with E-state index < -0.39 is 12.0 Å². The summed E-state index contributed by atoms with van der Waals surface area (Å²) < 4.78 is 11.1. The fourth-order valence-electron chi connectivity index (χ4n) is 4.16. The average Bonchev–Trinajstić information content (AvgIpc) is 2.96. The molecule has 38 heavy (non-hydrogen) atoms. The van der Waals surface area contributed by atoms with Gasteiger partial charge in [0, 0.05) is 23.2 Å². The quantitative estimate of drug-likeness (QED) is 0.169. The lowest BCUT2D eigenvalue weighted by Crippen LogP contribution is -2.32. The number of anilines is 1. The molecule has 0 radical (unpaired) electrons. The van der Waals surface area contributed by atoms with Crippen LogP contribution >= 0.6 is 0 Å². The summed E-state index contributed by atoms with van der Waals surface area (Å²) in [6.45, 7) is 0.580. The third kappa shape index (κ3) is 7.23. The number of benzene rings is 4. The van der Waals surface area contributed by atoms with Gasteiger partial charge in [-0.25, -0.2) is 4.79 Å². The minimum atomic E-state index is -0.995. The highest BCUT2D eigenvalue weighted by Gasteiger charge is 2.21. The van der Waals surface area contributed by atoms with Crippen LogP contribution in [0, 0.1) is 0 Å². The molecule has 6 heteroatoms. The molecular formula is C32H31NO5. The molecule has 1 atom stereocenters. The predicted molar refractivity (Wildman–Crippen MR) is 148 cm³/mol. The van der Waals surface area contributed by atoms with Crippen LogP contribution in [0.15, 0.2) is 103 Å². The summed E-state index contributed by atoms with van der Waals surface area (Å²) in [5, 5.41) is 13.0. The van der Waals surface area contributed by atoms with Crippen LogP contribution < -0.4 is 14.8 Å². The Labute approximate surface area is 222 Å². The first-order valence-electron chi connectivity index (χ1n) is 12.6. The van der Waals surface area contributed by atoms with Gasteiger partial charge in [0.25, 0.3) is 0 Å². The van der Waals surface area contributed by atoms with Crippen molar-refractivity contribution in [2.24, 2.45) is 0 Å². The number of methoxy groups -OCH3 is 1. The van der Waals surface area contributed by atoms with Gasteiger partial charge in [-0.1, -0.05) is 66.7 Å². The topological polar surface area (TPSA) is 84.9 Å². The average molecular weight is 510 g/mol. The van der Waals surface area contributed by atoms with Crippen LogP contribution in [0.2, 0.25) is 0 Å². The van der Waals surface area contributed by atoms with Crippen molar-refractivity contribution < 1.29 is 24.2 Å². The molecule has 2 N–H and O–H groups in total. The van der Waals surface area contributed by atoms with E-state index in [-0.39, 0.29) is 12.2 Å². The summed E-state index contributed by atoms with van der Waals surface area (Å²) in [6, 6.07) is 30.5. The molecule has 0 aliphatic rings. The summed E-state index contributed by atoms with van der Waals surface area (Å²) >= 11 is 0. The summed E-state index contributed by atoms with van der Waals surface area (Å²) in [5.41, 5.74) is 3.55. The molecule has 4 rings (SSSR count). The predicted octanol–water partition coefficient (Wildman–Crippen LogP) is 6.05. The Bertz CT molecular complexity index is 1330. The van der Waals surface area contributed by atoms with Crippen molar-refractivity contribution in [3.05, 3.63) is 125 Å². The Hall–Kier alpha value is -4.58. The number of carboxylic acids is 1. The maximum Gasteiger partial charge on any atom is 0.326 e. The SMILES string of the molecule is COc1ccc(CCCOc2ccc(CC(Nc3ccccc3C(=O)c3ccccc3)C(=O)O)cc2)cc1. The van der Waals surface area contributed by atoms with Crippen molar-refractivity contribution in [1.82, 2.24) is 0 Å². The van der Waals surface area contributed by atoms with Gasteiger partial charge in [-0.15, -0.1) is 0 Å². The number of ketones is 1. The highest BCUT2D eigenvalue weighted by molar-refractivity contribution is 6.12. The van der Waals surface area contributed by atoms with Crippen LogP contribution in [0.25, 0.3) is 0 Å². The molecule has 4 aromatic carbocycles. The number of carbonyl (C=O) groups is 2. The number of aliphatic carboxylic acids is 1. The lowest BCUT2D eigenvalue weighted by molar-refractivity contribution is -0.137. The monoisotopic (exact) mass is 509 g/mol. The lowest BCUT2D eigenvalue weighted by Gasteiger charge is -2.18. The maximum atomic E-state index is 13.0. The van der Waals surface area contributed by atoms with E-state index >= 15 is 0 Å². The number of carbonyl (C=O) groups excluding carboxylic acids is 1. The molecule has 0 amide bonds. The number of ether oxygens (including phenoxy) is 2. The van der Waals surface area contributed by atoms with E-state index in [0.717, 1.165) is 29.9 Å². The number of para-hydroxylation sites is 1. The molecule has 0 aliphatic carbocycles. The maximum absolute atomic E-state index is 13.0. The molecule has 0 aliphatic heterocycles. The Balaban J connectivity index is 1.33. The zero-order valence-electron chi connectivity index (χ0n) is 21.3. The molecule has 0 bridgehead atoms. The van der Waals surface area contributed by atoms with Gasteiger partial charge in [0.15, 0.2) is 5.78 Å². The van der Waals surface area contributed by atoms with Crippen molar-refractivity contribution in [2.75, 3.05) is 19.0 Å². The Kier molecular flexibility index (Phi) is 9.13. The van der Waals surface area contributed by atoms with Crippen LogP contribution in [-0.4, -0.2) is 36.6 Å². The highest BCUT2D eigenvalue weighted by Crippen LogP contribution is 2.22. The van der Waals surface area contributed by atoms with Crippen molar-refractivity contribution in [2.45, 2.75) is 25.3 Å². The van der Waals surface area contributed by atoms with Gasteiger partial charge in [-0.3, -0.25) is 4.79 Å². The number of rotatable bonds is 13. The number of carboxylic acid groups (broad SMARTS) is 1. The summed E-state index contributed by atoms with van der Waals surface area (Å²) in [5.74, 6) is 0.426. The van der Waals surface area contributed by atoms with E-state index in [1.165, 1.54) is 5.56 Å². The first-order valence-corrected chi connectivity index (χ1v) is 12.6. The molecule has 0 aromatic heterocycles. The van der Waals surface area contributed by atoms with E-state index in [9.17, 15) is 14.7 Å². The van der Waals surface area contributed by atoms with Crippen molar-refractivity contribution in [1.29, 1.82) is 0 Å². The van der Waals surface area contributed by atoms with Gasteiger partial charge in [-0.2, -0.15) is 0 Å². The normalized spacial score (nSPS) is 11.4. The molecule has 0 fully saturated rings. The second-order valence-electron chi connectivity index (χ2n) is 8.92. The second-order valence-corrected chi connectivity index (χ2v) is 8.92. The number of aryl methyl sites for hydroxylation is 1. The van der Waals surface area contributed by atoms with Crippen molar-refractivity contribution in [3.8, 4) is 11.5 Å². The third-order valence-electron chi connectivity index (χ3n) is 6.24. The van der Waals surface area contributed by atoms with E-state index in [1.54, 1.807) is 55.6 Å². The lowest BCUT2D eigenvalue weighted by atomic mass is 10.00. The minimum Gasteiger partial charge on any atom is -0.497 e. The molecule has 6 nitrogen and oxygen atoms in total. The molecule has 194 valence electrons. The van der Waals surface area contributed by atoms with Crippen LogP contribution in [0.3, 0.4) is 0 Å². The fraction of sp³-hybridized carbons (Fsp3) is 0.188. The van der Waals surface area contributed by atoms with Gasteiger partial charge in [0.2, 0.25) is 0 Å². The molecule has 1 unspecified atom stereocenters. The van der Waals surface area contributed by atoms with Crippen LogP contribution in [0.5, 0.6) is 11.5 Å². The van der Waals surface area contributed by atoms with Gasteiger partial charge in [0.05, 0.1) is 13.7 Å². The molecular weight excluding hydrogens is 478 g/mol. The first-order chi connectivity index (χ1) is 18.5. The smallest absolute Gasteiger partial charge is 0.326 e. The standard InChI is InChI=1S/C32H31NO5/c1-37-26-17-13-23(14-18-26)8-7-21-38-27-19-15-24(16-20-27)22-30(32(35)36)33-29-12-6-5-11-28(29)31(34)25-9-3-2-4-10-25/h2-6,9-20,30,33H,7-8,21-22H2,1H3,(H,35,36). The van der Waals surface area contributed by atoms with E-state index in [1.807, 2.05) is 42.5 Å². The van der Waals surface area contributed by atoms with E-state index in [2.05, 4.69) is 17.4 Å². The second kappa shape index (κ2) is 13.1. The fourth-order valence-corrected chi connectivity index (χ4v) is 4.16. The molecule has 0 saturated heterocycles. The number of hydrogen-bond donors (Lipinski definition) is 2. The Morgan fingerprint density at radius 3 is 2.11 bits per heavy atom. The van der Waals surface area contributed by atoms with Crippen LogP contribution in [0.4, 0.5) is 5.69 Å². The molecule has 4 aromatic rings. The van der Waals surface area contributed by atoms with Gasteiger partial charge >= 0.3 is 5.97 Å². The number of hydrogen-bond acceptors (Lipinski definition) is 5. The van der Waals surface area contributed by atoms with E-state index in [0.29, 0.717) is 23.4 Å². The minimum absolute atomic E-state index is 0.161. The van der Waals surface area contributed by atoms with E-state index in [4.69, 9.17) is 9.47 Å². The van der Waals surface area contributed by atoms with Gasteiger partial charge in [-0.05, 0) is 60.4 Å².